The predicted octanol–water partition coefficient (Wildman–Crippen LogP) is 1.94. The highest BCUT2D eigenvalue weighted by Crippen LogP contribution is 2.16. The monoisotopic (exact) mass is 331 g/mol. The third-order valence-electron chi connectivity index (χ3n) is 2.51. The molecule has 0 spiro atoms. The normalized spacial score (nSPS) is 11.5. The second kappa shape index (κ2) is 8.87. The minimum atomic E-state index is -0.242. The Balaban J connectivity index is 2.33. The van der Waals surface area contributed by atoms with Gasteiger partial charge in [-0.25, -0.2) is 4.39 Å². The molecular formula is C13H19BrFN3O. The molecule has 0 saturated carbocycles. The van der Waals surface area contributed by atoms with Gasteiger partial charge in [0.2, 0.25) is 0 Å². The number of ether oxygens (including phenoxy) is 1. The number of nitrogens with zero attached hydrogens (tertiary/aromatic N) is 1. The lowest BCUT2D eigenvalue weighted by Gasteiger charge is -2.11. The van der Waals surface area contributed by atoms with Crippen molar-refractivity contribution in [1.29, 1.82) is 0 Å². The maximum Gasteiger partial charge on any atom is 0.191 e. The summed E-state index contributed by atoms with van der Waals surface area (Å²) in [5.41, 5.74) is 1.06. The summed E-state index contributed by atoms with van der Waals surface area (Å²) in [4.78, 5) is 4.09. The highest BCUT2D eigenvalue weighted by Gasteiger charge is 2.01. The summed E-state index contributed by atoms with van der Waals surface area (Å²) >= 11 is 3.18. The molecule has 6 heteroatoms. The second-order valence-electron chi connectivity index (χ2n) is 3.92. The zero-order valence-corrected chi connectivity index (χ0v) is 12.8. The van der Waals surface area contributed by atoms with Crippen LogP contribution in [0.25, 0.3) is 0 Å². The molecule has 0 aliphatic carbocycles. The van der Waals surface area contributed by atoms with Gasteiger partial charge in [0.25, 0.3) is 0 Å². The Kier molecular flexibility index (Phi) is 7.43. The quantitative estimate of drug-likeness (QED) is 0.475. The molecule has 0 atom stereocenters. The van der Waals surface area contributed by atoms with E-state index in [2.05, 4.69) is 31.6 Å². The molecule has 0 aliphatic rings. The van der Waals surface area contributed by atoms with Gasteiger partial charge in [-0.3, -0.25) is 4.99 Å². The largest absolute Gasteiger partial charge is 0.383 e. The molecule has 0 saturated heterocycles. The van der Waals surface area contributed by atoms with Gasteiger partial charge in [0.1, 0.15) is 5.82 Å². The average Bonchev–Trinajstić information content (AvgIpc) is 2.41. The van der Waals surface area contributed by atoms with Crippen molar-refractivity contribution in [1.82, 2.24) is 10.6 Å². The molecule has 0 aliphatic heterocycles. The van der Waals surface area contributed by atoms with Crippen LogP contribution in [-0.4, -0.2) is 39.8 Å². The Hall–Kier alpha value is -1.14. The summed E-state index contributed by atoms with van der Waals surface area (Å²) in [6, 6.07) is 5.03. The van der Waals surface area contributed by atoms with Gasteiger partial charge in [-0.05, 0) is 40.0 Å². The van der Waals surface area contributed by atoms with E-state index in [1.165, 1.54) is 6.07 Å². The third kappa shape index (κ3) is 6.02. The second-order valence-corrected chi connectivity index (χ2v) is 4.77. The van der Waals surface area contributed by atoms with Crippen LogP contribution in [0.3, 0.4) is 0 Å². The summed E-state index contributed by atoms with van der Waals surface area (Å²) in [5, 5.41) is 6.31. The zero-order chi connectivity index (χ0) is 14.1. The number of guanidine groups is 1. The topological polar surface area (TPSA) is 45.7 Å². The molecule has 1 rings (SSSR count). The third-order valence-corrected chi connectivity index (χ3v) is 3.12. The van der Waals surface area contributed by atoms with E-state index in [-0.39, 0.29) is 5.82 Å². The summed E-state index contributed by atoms with van der Waals surface area (Å²) < 4.78 is 18.5. The van der Waals surface area contributed by atoms with Crippen molar-refractivity contribution in [3.63, 3.8) is 0 Å². The van der Waals surface area contributed by atoms with E-state index in [1.54, 1.807) is 26.3 Å². The molecule has 2 N–H and O–H groups in total. The number of aliphatic imine (C=N–C) groups is 1. The molecule has 1 aromatic carbocycles. The fourth-order valence-corrected chi connectivity index (χ4v) is 1.94. The number of benzene rings is 1. The van der Waals surface area contributed by atoms with Gasteiger partial charge < -0.3 is 15.4 Å². The van der Waals surface area contributed by atoms with Crippen LogP contribution in [0.2, 0.25) is 0 Å². The Morgan fingerprint density at radius 2 is 2.11 bits per heavy atom. The zero-order valence-electron chi connectivity index (χ0n) is 11.2. The molecule has 0 amide bonds. The van der Waals surface area contributed by atoms with Crippen LogP contribution in [0.5, 0.6) is 0 Å². The molecule has 0 unspecified atom stereocenters. The highest BCUT2D eigenvalue weighted by atomic mass is 79.9. The van der Waals surface area contributed by atoms with Crippen LogP contribution in [0.4, 0.5) is 4.39 Å². The first-order valence-corrected chi connectivity index (χ1v) is 6.84. The van der Waals surface area contributed by atoms with Crippen LogP contribution >= 0.6 is 15.9 Å². The lowest BCUT2D eigenvalue weighted by atomic mass is 10.1. The van der Waals surface area contributed by atoms with E-state index in [9.17, 15) is 4.39 Å². The molecule has 0 aromatic heterocycles. The SMILES string of the molecule is CN=C(NCCOC)NCCc1ccc(F)c(Br)c1. The summed E-state index contributed by atoms with van der Waals surface area (Å²) in [7, 11) is 3.38. The first kappa shape index (κ1) is 15.9. The van der Waals surface area contributed by atoms with Gasteiger partial charge >= 0.3 is 0 Å². The molecule has 0 fully saturated rings. The Morgan fingerprint density at radius 1 is 1.37 bits per heavy atom. The Morgan fingerprint density at radius 3 is 2.74 bits per heavy atom. The summed E-state index contributed by atoms with van der Waals surface area (Å²) in [6.07, 6.45) is 0.795. The van der Waals surface area contributed by atoms with Crippen LogP contribution in [0.1, 0.15) is 5.56 Å². The van der Waals surface area contributed by atoms with Crippen molar-refractivity contribution in [2.45, 2.75) is 6.42 Å². The van der Waals surface area contributed by atoms with Gasteiger partial charge in [-0.2, -0.15) is 0 Å². The number of hydrogen-bond acceptors (Lipinski definition) is 2. The van der Waals surface area contributed by atoms with Gasteiger partial charge in [0.05, 0.1) is 11.1 Å². The Bertz CT molecular complexity index is 426. The van der Waals surface area contributed by atoms with Crippen molar-refractivity contribution in [2.24, 2.45) is 4.99 Å². The molecule has 19 heavy (non-hydrogen) atoms. The number of methoxy groups -OCH3 is 1. The van der Waals surface area contributed by atoms with E-state index in [0.29, 0.717) is 17.6 Å². The lowest BCUT2D eigenvalue weighted by molar-refractivity contribution is 0.203. The number of hydrogen-bond donors (Lipinski definition) is 2. The predicted molar refractivity (Wildman–Crippen MR) is 79.0 cm³/mol. The van der Waals surface area contributed by atoms with E-state index in [0.717, 1.165) is 24.5 Å². The van der Waals surface area contributed by atoms with E-state index < -0.39 is 0 Å². The van der Waals surface area contributed by atoms with Crippen molar-refractivity contribution >= 4 is 21.9 Å². The maximum absolute atomic E-state index is 13.1. The summed E-state index contributed by atoms with van der Waals surface area (Å²) in [6.45, 7) is 2.06. The van der Waals surface area contributed by atoms with Crippen molar-refractivity contribution < 1.29 is 9.13 Å². The standard InChI is InChI=1S/C13H19BrFN3O/c1-16-13(18-7-8-19-2)17-6-5-10-3-4-12(15)11(14)9-10/h3-4,9H,5-8H2,1-2H3,(H2,16,17,18). The number of rotatable bonds is 6. The molecule has 0 bridgehead atoms. The van der Waals surface area contributed by atoms with Gasteiger partial charge in [-0.15, -0.1) is 0 Å². The van der Waals surface area contributed by atoms with Gasteiger partial charge in [0.15, 0.2) is 5.96 Å². The van der Waals surface area contributed by atoms with Crippen molar-refractivity contribution in [2.75, 3.05) is 33.9 Å². The molecule has 0 radical (unpaired) electrons. The molecule has 106 valence electrons. The van der Waals surface area contributed by atoms with Crippen LogP contribution in [0, 0.1) is 5.82 Å². The minimum absolute atomic E-state index is 0.242. The van der Waals surface area contributed by atoms with Crippen LogP contribution in [-0.2, 0) is 11.2 Å². The van der Waals surface area contributed by atoms with Crippen molar-refractivity contribution in [3.8, 4) is 0 Å². The van der Waals surface area contributed by atoms with Gasteiger partial charge in [-0.1, -0.05) is 6.07 Å². The Labute approximate surface area is 121 Å². The smallest absolute Gasteiger partial charge is 0.191 e. The van der Waals surface area contributed by atoms with Crippen molar-refractivity contribution in [3.05, 3.63) is 34.1 Å². The van der Waals surface area contributed by atoms with E-state index in [1.807, 2.05) is 0 Å². The molecule has 0 heterocycles. The molecule has 1 aromatic rings. The highest BCUT2D eigenvalue weighted by molar-refractivity contribution is 9.10. The lowest BCUT2D eigenvalue weighted by Crippen LogP contribution is -2.39. The first-order valence-electron chi connectivity index (χ1n) is 6.04. The molecular weight excluding hydrogens is 313 g/mol. The van der Waals surface area contributed by atoms with Crippen LogP contribution in [0.15, 0.2) is 27.7 Å². The maximum atomic E-state index is 13.1. The summed E-state index contributed by atoms with van der Waals surface area (Å²) in [5.74, 6) is 0.493. The first-order chi connectivity index (χ1) is 9.17. The van der Waals surface area contributed by atoms with E-state index >= 15 is 0 Å². The minimum Gasteiger partial charge on any atom is -0.383 e. The fraction of sp³-hybridized carbons (Fsp3) is 0.462. The van der Waals surface area contributed by atoms with E-state index in [4.69, 9.17) is 4.74 Å². The van der Waals surface area contributed by atoms with Gasteiger partial charge in [0, 0.05) is 27.2 Å². The number of nitrogens with one attached hydrogen (secondary N) is 2. The fourth-order valence-electron chi connectivity index (χ4n) is 1.51. The number of halogens is 2. The average molecular weight is 332 g/mol. The van der Waals surface area contributed by atoms with Crippen LogP contribution < -0.4 is 10.6 Å². The molecule has 4 nitrogen and oxygen atoms in total.